The summed E-state index contributed by atoms with van der Waals surface area (Å²) in [6.07, 6.45) is 0. The maximum atomic E-state index is 12.6. The number of hydrogen-bond acceptors (Lipinski definition) is 5. The van der Waals surface area contributed by atoms with Crippen molar-refractivity contribution in [3.05, 3.63) is 22.7 Å². The maximum Gasteiger partial charge on any atom is 0.255 e. The number of carbonyl (C=O) groups excluding carboxylic acids is 1. The van der Waals surface area contributed by atoms with E-state index < -0.39 is 0 Å². The van der Waals surface area contributed by atoms with Crippen molar-refractivity contribution in [1.29, 1.82) is 0 Å². The number of nitrogens with one attached hydrogen (secondary N) is 1. The van der Waals surface area contributed by atoms with E-state index in [1.807, 2.05) is 0 Å². The molecule has 0 radical (unpaired) electrons. The van der Waals surface area contributed by atoms with Gasteiger partial charge in [-0.3, -0.25) is 4.79 Å². The zero-order valence-electron chi connectivity index (χ0n) is 13.9. The molecule has 1 aromatic carbocycles. The number of nitrogen functional groups attached to an aromatic ring is 1. The van der Waals surface area contributed by atoms with Crippen molar-refractivity contribution in [2.45, 2.75) is 13.0 Å². The van der Waals surface area contributed by atoms with E-state index in [1.165, 1.54) is 7.11 Å². The van der Waals surface area contributed by atoms with Gasteiger partial charge in [0.2, 0.25) is 0 Å². The minimum Gasteiger partial charge on any atom is -0.496 e. The van der Waals surface area contributed by atoms with Crippen LogP contribution in [0.3, 0.4) is 0 Å². The van der Waals surface area contributed by atoms with Crippen LogP contribution in [0.25, 0.3) is 0 Å². The molecule has 6 nitrogen and oxygen atoms in total. The Labute approximate surface area is 142 Å². The van der Waals surface area contributed by atoms with Gasteiger partial charge in [-0.1, -0.05) is 18.5 Å². The molecule has 0 unspecified atom stereocenters. The van der Waals surface area contributed by atoms with Crippen molar-refractivity contribution in [2.24, 2.45) is 0 Å². The number of rotatable bonds is 4. The monoisotopic (exact) mass is 340 g/mol. The third kappa shape index (κ3) is 4.50. The normalized spacial score (nSPS) is 20.1. The predicted octanol–water partition coefficient (Wildman–Crippen LogP) is 1.30. The average molecular weight is 341 g/mol. The summed E-state index contributed by atoms with van der Waals surface area (Å²) >= 11 is 6.05. The highest BCUT2D eigenvalue weighted by atomic mass is 35.5. The van der Waals surface area contributed by atoms with E-state index in [9.17, 15) is 4.79 Å². The Bertz CT molecular complexity index is 567. The minimum absolute atomic E-state index is 0.0518. The Morgan fingerprint density at radius 1 is 1.43 bits per heavy atom. The fourth-order valence-electron chi connectivity index (χ4n) is 2.80. The van der Waals surface area contributed by atoms with Gasteiger partial charge in [-0.25, -0.2) is 0 Å². The number of hydrogen-bond donors (Lipinski definition) is 2. The van der Waals surface area contributed by atoms with Crippen LogP contribution in [-0.2, 0) is 0 Å². The summed E-state index contributed by atoms with van der Waals surface area (Å²) in [5.41, 5.74) is 6.57. The highest BCUT2D eigenvalue weighted by molar-refractivity contribution is 6.33. The lowest BCUT2D eigenvalue weighted by Gasteiger charge is -2.24. The molecule has 1 aromatic rings. The van der Waals surface area contributed by atoms with Gasteiger partial charge in [-0.05, 0) is 19.7 Å². The number of anilines is 1. The molecule has 128 valence electrons. The molecule has 0 aromatic heterocycles. The number of nitrogens with two attached hydrogens (primary N) is 1. The van der Waals surface area contributed by atoms with Gasteiger partial charge in [-0.2, -0.15) is 0 Å². The lowest BCUT2D eigenvalue weighted by atomic mass is 10.1. The van der Waals surface area contributed by atoms with Gasteiger partial charge in [0.15, 0.2) is 0 Å². The van der Waals surface area contributed by atoms with E-state index in [0.717, 1.165) is 32.7 Å². The van der Waals surface area contributed by atoms with Crippen molar-refractivity contribution >= 4 is 23.2 Å². The minimum atomic E-state index is -0.194. The highest BCUT2D eigenvalue weighted by Crippen LogP contribution is 2.28. The van der Waals surface area contributed by atoms with Gasteiger partial charge in [0.1, 0.15) is 5.75 Å². The Morgan fingerprint density at radius 3 is 2.83 bits per heavy atom. The second-order valence-electron chi connectivity index (χ2n) is 5.90. The summed E-state index contributed by atoms with van der Waals surface area (Å²) in [5.74, 6) is 0.235. The van der Waals surface area contributed by atoms with Crippen LogP contribution in [0.2, 0.25) is 5.02 Å². The van der Waals surface area contributed by atoms with Crippen molar-refractivity contribution < 1.29 is 9.53 Å². The standard InChI is InChI=1S/C16H25ClN4O2/c1-4-21-6-5-20(2)9-11(10-21)19-16(22)12-7-13(17)14(18)8-15(12)23-3/h7-8,11H,4-6,9-10,18H2,1-3H3,(H,19,22)/t11-/m1/s1. The molecule has 0 spiro atoms. The van der Waals surface area contributed by atoms with Crippen molar-refractivity contribution in [3.8, 4) is 5.75 Å². The molecule has 7 heteroatoms. The fraction of sp³-hybridized carbons (Fsp3) is 0.562. The third-order valence-electron chi connectivity index (χ3n) is 4.15. The molecular weight excluding hydrogens is 316 g/mol. The second kappa shape index (κ2) is 7.86. The van der Waals surface area contributed by atoms with Crippen LogP contribution in [0.1, 0.15) is 17.3 Å². The zero-order valence-corrected chi connectivity index (χ0v) is 14.7. The van der Waals surface area contributed by atoms with Crippen molar-refractivity contribution in [1.82, 2.24) is 15.1 Å². The molecule has 2 rings (SSSR count). The van der Waals surface area contributed by atoms with Crippen LogP contribution in [0.4, 0.5) is 5.69 Å². The summed E-state index contributed by atoms with van der Waals surface area (Å²) in [7, 11) is 3.58. The number of nitrogens with zero attached hydrogens (tertiary/aromatic N) is 2. The third-order valence-corrected chi connectivity index (χ3v) is 4.48. The number of halogens is 1. The van der Waals surface area contributed by atoms with Gasteiger partial charge in [0.25, 0.3) is 5.91 Å². The molecule has 1 saturated heterocycles. The second-order valence-corrected chi connectivity index (χ2v) is 6.31. The fourth-order valence-corrected chi connectivity index (χ4v) is 2.96. The van der Waals surface area contributed by atoms with E-state index in [-0.39, 0.29) is 11.9 Å². The van der Waals surface area contributed by atoms with Gasteiger partial charge >= 0.3 is 0 Å². The largest absolute Gasteiger partial charge is 0.496 e. The first-order valence-electron chi connectivity index (χ1n) is 7.79. The maximum absolute atomic E-state index is 12.6. The van der Waals surface area contributed by atoms with Gasteiger partial charge in [0, 0.05) is 32.2 Å². The quantitative estimate of drug-likeness (QED) is 0.808. The summed E-state index contributed by atoms with van der Waals surface area (Å²) in [6.45, 7) is 6.75. The van der Waals surface area contributed by atoms with Crippen LogP contribution >= 0.6 is 11.6 Å². The molecule has 1 atom stereocenters. The highest BCUT2D eigenvalue weighted by Gasteiger charge is 2.23. The zero-order chi connectivity index (χ0) is 17.0. The van der Waals surface area contributed by atoms with Crippen LogP contribution in [0, 0.1) is 0 Å². The van der Waals surface area contributed by atoms with E-state index in [2.05, 4.69) is 29.1 Å². The number of amides is 1. The SMILES string of the molecule is CCN1CCN(C)C[C@@H](NC(=O)c2cc(Cl)c(N)cc2OC)C1. The Morgan fingerprint density at radius 2 is 2.17 bits per heavy atom. The number of likely N-dealkylation sites (N-methyl/N-ethyl adjacent to an activating group) is 2. The predicted molar refractivity (Wildman–Crippen MR) is 93.3 cm³/mol. The first-order valence-corrected chi connectivity index (χ1v) is 8.17. The topological polar surface area (TPSA) is 70.8 Å². The van der Waals surface area contributed by atoms with Gasteiger partial charge < -0.3 is 25.6 Å². The molecule has 3 N–H and O–H groups in total. The molecule has 0 bridgehead atoms. The van der Waals surface area contributed by atoms with Crippen LogP contribution in [-0.4, -0.2) is 68.6 Å². The number of methoxy groups -OCH3 is 1. The Balaban J connectivity index is 2.15. The smallest absolute Gasteiger partial charge is 0.255 e. The molecule has 0 saturated carbocycles. The van der Waals surface area contributed by atoms with Crippen molar-refractivity contribution in [3.63, 3.8) is 0 Å². The van der Waals surface area contributed by atoms with Crippen LogP contribution in [0.15, 0.2) is 12.1 Å². The number of benzene rings is 1. The number of ether oxygens (including phenoxy) is 1. The first kappa shape index (κ1) is 17.8. The van der Waals surface area contributed by atoms with E-state index in [1.54, 1.807) is 12.1 Å². The van der Waals surface area contributed by atoms with Crippen LogP contribution in [0.5, 0.6) is 5.75 Å². The molecule has 1 amide bonds. The van der Waals surface area contributed by atoms with E-state index >= 15 is 0 Å². The molecule has 1 aliphatic rings. The molecule has 1 heterocycles. The molecule has 1 aliphatic heterocycles. The summed E-state index contributed by atoms with van der Waals surface area (Å²) in [4.78, 5) is 17.2. The summed E-state index contributed by atoms with van der Waals surface area (Å²) in [6, 6.07) is 3.19. The molecule has 1 fully saturated rings. The first-order chi connectivity index (χ1) is 10.9. The van der Waals surface area contributed by atoms with Gasteiger partial charge in [0.05, 0.1) is 29.4 Å². The number of carbonyl (C=O) groups is 1. The Kier molecular flexibility index (Phi) is 6.10. The van der Waals surface area contributed by atoms with Crippen molar-refractivity contribution in [2.75, 3.05) is 52.6 Å². The average Bonchev–Trinajstić information content (AvgIpc) is 2.70. The molecule has 23 heavy (non-hydrogen) atoms. The summed E-state index contributed by atoms with van der Waals surface area (Å²) < 4.78 is 5.26. The Hall–Kier alpha value is -1.50. The van der Waals surface area contributed by atoms with E-state index in [0.29, 0.717) is 22.0 Å². The van der Waals surface area contributed by atoms with E-state index in [4.69, 9.17) is 22.1 Å². The molecular formula is C16H25ClN4O2. The lowest BCUT2D eigenvalue weighted by Crippen LogP contribution is -2.46. The lowest BCUT2D eigenvalue weighted by molar-refractivity contribution is 0.0922. The molecule has 0 aliphatic carbocycles. The van der Waals surface area contributed by atoms with Gasteiger partial charge in [-0.15, -0.1) is 0 Å². The summed E-state index contributed by atoms with van der Waals surface area (Å²) in [5, 5.41) is 3.44. The van der Waals surface area contributed by atoms with Crippen LogP contribution < -0.4 is 15.8 Å².